The van der Waals surface area contributed by atoms with Gasteiger partial charge in [0.15, 0.2) is 5.82 Å². The van der Waals surface area contributed by atoms with E-state index in [1.165, 1.54) is 0 Å². The van der Waals surface area contributed by atoms with Crippen LogP contribution in [-0.4, -0.2) is 44.2 Å². The van der Waals surface area contributed by atoms with Crippen LogP contribution in [0.5, 0.6) is 0 Å². The van der Waals surface area contributed by atoms with Gasteiger partial charge < -0.3 is 10.3 Å². The second-order valence-corrected chi connectivity index (χ2v) is 5.99. The van der Waals surface area contributed by atoms with Crippen molar-refractivity contribution in [3.63, 3.8) is 0 Å². The van der Waals surface area contributed by atoms with Gasteiger partial charge in [-0.1, -0.05) is 12.1 Å². The molecule has 2 atom stereocenters. The number of aryl methyl sites for hydroxylation is 1. The first kappa shape index (κ1) is 15.7. The summed E-state index contributed by atoms with van der Waals surface area (Å²) < 4.78 is 5.36. The van der Waals surface area contributed by atoms with Gasteiger partial charge in [-0.25, -0.2) is 0 Å². The van der Waals surface area contributed by atoms with Crippen molar-refractivity contribution in [1.82, 2.24) is 25.2 Å². The molecular formula is C15H22N6O2. The number of nitrogens with zero attached hydrogens (tertiary/aromatic N) is 4. The number of aromatic amines is 1. The summed E-state index contributed by atoms with van der Waals surface area (Å²) in [5.41, 5.74) is 6.51. The summed E-state index contributed by atoms with van der Waals surface area (Å²) in [4.78, 5) is 17.9. The first-order chi connectivity index (χ1) is 11.1. The second kappa shape index (κ2) is 6.49. The number of likely N-dealkylation sites (tertiary alicyclic amines) is 1. The molecule has 0 bridgehead atoms. The normalized spacial score (nSPS) is 20.5. The van der Waals surface area contributed by atoms with Crippen molar-refractivity contribution in [3.05, 3.63) is 29.2 Å². The highest BCUT2D eigenvalue weighted by atomic mass is 16.5. The predicted octanol–water partition coefficient (Wildman–Crippen LogP) is 1.39. The zero-order valence-corrected chi connectivity index (χ0v) is 13.5. The van der Waals surface area contributed by atoms with Gasteiger partial charge >= 0.3 is 0 Å². The molecule has 0 radical (unpaired) electrons. The average molecular weight is 318 g/mol. The Labute approximate surface area is 134 Å². The highest BCUT2D eigenvalue weighted by Gasteiger charge is 2.29. The standard InChI is InChI=1S/C15H22N6O2/c1-3-13-17-15(23-20-13)9(2)21-6-4-5-10(8-21)11-7-12(14(16)22)19-18-11/h7,9-10H,3-6,8H2,1-2H3,(H2,16,22)(H,18,19)/t9-,10-/m0/s1. The smallest absolute Gasteiger partial charge is 0.269 e. The fourth-order valence-electron chi connectivity index (χ4n) is 3.02. The molecule has 2 aromatic rings. The highest BCUT2D eigenvalue weighted by Crippen LogP contribution is 2.30. The van der Waals surface area contributed by atoms with E-state index in [-0.39, 0.29) is 11.7 Å². The number of aromatic nitrogens is 4. The molecule has 3 N–H and O–H groups in total. The van der Waals surface area contributed by atoms with Crippen LogP contribution in [0.3, 0.4) is 0 Å². The number of rotatable bonds is 5. The Hall–Kier alpha value is -2.22. The van der Waals surface area contributed by atoms with Crippen LogP contribution in [0.25, 0.3) is 0 Å². The lowest BCUT2D eigenvalue weighted by Gasteiger charge is -2.34. The zero-order chi connectivity index (χ0) is 16.4. The van der Waals surface area contributed by atoms with Crippen LogP contribution in [0, 0.1) is 0 Å². The van der Waals surface area contributed by atoms with Crippen molar-refractivity contribution in [2.45, 2.75) is 45.1 Å². The van der Waals surface area contributed by atoms with Crippen molar-refractivity contribution in [2.24, 2.45) is 5.73 Å². The Kier molecular flexibility index (Phi) is 4.42. The molecule has 1 amide bonds. The number of nitrogens with two attached hydrogens (primary N) is 1. The van der Waals surface area contributed by atoms with E-state index in [2.05, 4.69) is 32.2 Å². The number of carbonyl (C=O) groups is 1. The maximum Gasteiger partial charge on any atom is 0.269 e. The molecule has 3 heterocycles. The summed E-state index contributed by atoms with van der Waals surface area (Å²) in [6, 6.07) is 1.83. The Balaban J connectivity index is 1.70. The SMILES string of the molecule is CCc1noc([C@H](C)N2CCC[C@H](c3cc(C(N)=O)n[nH]3)C2)n1. The lowest BCUT2D eigenvalue weighted by molar-refractivity contribution is 0.0995. The second-order valence-electron chi connectivity index (χ2n) is 5.99. The number of nitrogens with one attached hydrogen (secondary N) is 1. The Morgan fingerprint density at radius 3 is 3.09 bits per heavy atom. The van der Waals surface area contributed by atoms with Crippen molar-refractivity contribution in [1.29, 1.82) is 0 Å². The monoisotopic (exact) mass is 318 g/mol. The number of hydrogen-bond acceptors (Lipinski definition) is 6. The van der Waals surface area contributed by atoms with Crippen LogP contribution in [0.1, 0.15) is 66.5 Å². The molecule has 0 aromatic carbocycles. The quantitative estimate of drug-likeness (QED) is 0.861. The number of primary amides is 1. The number of amides is 1. The van der Waals surface area contributed by atoms with Crippen LogP contribution in [0.15, 0.2) is 10.6 Å². The van der Waals surface area contributed by atoms with E-state index in [9.17, 15) is 4.79 Å². The van der Waals surface area contributed by atoms with E-state index in [4.69, 9.17) is 10.3 Å². The first-order valence-electron chi connectivity index (χ1n) is 8.00. The van der Waals surface area contributed by atoms with Gasteiger partial charge in [-0.3, -0.25) is 14.8 Å². The molecule has 8 heteroatoms. The minimum Gasteiger partial charge on any atom is -0.364 e. The number of hydrogen-bond donors (Lipinski definition) is 2. The molecule has 8 nitrogen and oxygen atoms in total. The van der Waals surface area contributed by atoms with Gasteiger partial charge in [0.2, 0.25) is 5.89 Å². The van der Waals surface area contributed by atoms with Crippen molar-refractivity contribution >= 4 is 5.91 Å². The summed E-state index contributed by atoms with van der Waals surface area (Å²) in [6.45, 7) is 5.92. The summed E-state index contributed by atoms with van der Waals surface area (Å²) in [5, 5.41) is 10.9. The van der Waals surface area contributed by atoms with E-state index in [0.717, 1.165) is 43.9 Å². The van der Waals surface area contributed by atoms with Crippen molar-refractivity contribution in [3.8, 4) is 0 Å². The molecule has 124 valence electrons. The van der Waals surface area contributed by atoms with E-state index < -0.39 is 5.91 Å². The Bertz CT molecular complexity index is 679. The molecule has 2 aromatic heterocycles. The third-order valence-corrected chi connectivity index (χ3v) is 4.45. The molecule has 0 spiro atoms. The van der Waals surface area contributed by atoms with Crippen LogP contribution < -0.4 is 5.73 Å². The summed E-state index contributed by atoms with van der Waals surface area (Å²) in [7, 11) is 0. The van der Waals surface area contributed by atoms with Gasteiger partial charge in [0.25, 0.3) is 5.91 Å². The topological polar surface area (TPSA) is 114 Å². The van der Waals surface area contributed by atoms with Crippen LogP contribution in [-0.2, 0) is 6.42 Å². The first-order valence-corrected chi connectivity index (χ1v) is 8.00. The third-order valence-electron chi connectivity index (χ3n) is 4.45. The maximum absolute atomic E-state index is 11.2. The largest absolute Gasteiger partial charge is 0.364 e. The maximum atomic E-state index is 11.2. The molecule has 23 heavy (non-hydrogen) atoms. The molecule has 1 saturated heterocycles. The van der Waals surface area contributed by atoms with Gasteiger partial charge in [0.05, 0.1) is 6.04 Å². The fourth-order valence-corrected chi connectivity index (χ4v) is 3.02. The molecule has 1 fully saturated rings. The zero-order valence-electron chi connectivity index (χ0n) is 13.5. The number of carbonyl (C=O) groups excluding carboxylic acids is 1. The summed E-state index contributed by atoms with van der Waals surface area (Å²) in [6.07, 6.45) is 2.88. The van der Waals surface area contributed by atoms with Gasteiger partial charge in [0.1, 0.15) is 5.69 Å². The highest BCUT2D eigenvalue weighted by molar-refractivity contribution is 5.90. The summed E-state index contributed by atoms with van der Waals surface area (Å²) in [5.74, 6) is 1.18. The van der Waals surface area contributed by atoms with Crippen LogP contribution >= 0.6 is 0 Å². The van der Waals surface area contributed by atoms with Crippen molar-refractivity contribution in [2.75, 3.05) is 13.1 Å². The molecule has 0 saturated carbocycles. The molecular weight excluding hydrogens is 296 g/mol. The minimum absolute atomic E-state index is 0.0733. The van der Waals surface area contributed by atoms with Gasteiger partial charge in [0, 0.05) is 24.6 Å². The van der Waals surface area contributed by atoms with Gasteiger partial charge in [-0.2, -0.15) is 10.1 Å². The van der Waals surface area contributed by atoms with Gasteiger partial charge in [-0.05, 0) is 32.4 Å². The fraction of sp³-hybridized carbons (Fsp3) is 0.600. The number of H-pyrrole nitrogens is 1. The number of piperidine rings is 1. The van der Waals surface area contributed by atoms with Crippen LogP contribution in [0.4, 0.5) is 0 Å². The summed E-state index contributed by atoms with van der Waals surface area (Å²) >= 11 is 0. The Morgan fingerprint density at radius 2 is 2.43 bits per heavy atom. The third kappa shape index (κ3) is 3.26. The van der Waals surface area contributed by atoms with Crippen molar-refractivity contribution < 1.29 is 9.32 Å². The lowest BCUT2D eigenvalue weighted by atomic mass is 9.93. The van der Waals surface area contributed by atoms with E-state index in [1.54, 1.807) is 6.07 Å². The molecule has 1 aliphatic rings. The minimum atomic E-state index is -0.508. The molecule has 1 aliphatic heterocycles. The van der Waals surface area contributed by atoms with E-state index in [1.807, 2.05) is 6.92 Å². The van der Waals surface area contributed by atoms with Gasteiger partial charge in [-0.15, -0.1) is 0 Å². The van der Waals surface area contributed by atoms with E-state index in [0.29, 0.717) is 11.8 Å². The lowest BCUT2D eigenvalue weighted by Crippen LogP contribution is -2.36. The van der Waals surface area contributed by atoms with Crippen LogP contribution in [0.2, 0.25) is 0 Å². The predicted molar refractivity (Wildman–Crippen MR) is 82.7 cm³/mol. The molecule has 0 aliphatic carbocycles. The molecule has 3 rings (SSSR count). The Morgan fingerprint density at radius 1 is 1.61 bits per heavy atom. The van der Waals surface area contributed by atoms with E-state index >= 15 is 0 Å². The molecule has 0 unspecified atom stereocenters. The average Bonchev–Trinajstić information content (AvgIpc) is 3.23.